The lowest BCUT2D eigenvalue weighted by molar-refractivity contribution is 0.378. The lowest BCUT2D eigenvalue weighted by atomic mass is 9.88. The number of rotatable bonds is 3. The Bertz CT molecular complexity index is 494. The third-order valence-corrected chi connectivity index (χ3v) is 3.83. The highest BCUT2D eigenvalue weighted by Crippen LogP contribution is 2.29. The Morgan fingerprint density at radius 3 is 2.62 bits per heavy atom. The van der Waals surface area contributed by atoms with Gasteiger partial charge in [0.15, 0.2) is 0 Å². The highest BCUT2D eigenvalue weighted by molar-refractivity contribution is 5.60. The Hall–Kier alpha value is -1.56. The fraction of sp³-hybridized carbons (Fsp3) is 0.733. The predicted octanol–water partition coefficient (Wildman–Crippen LogP) is 1.42. The summed E-state index contributed by atoms with van der Waals surface area (Å²) in [5, 5.41) is 3.44. The van der Waals surface area contributed by atoms with E-state index in [4.69, 9.17) is 11.5 Å². The molecule has 0 unspecified atom stereocenters. The number of anilines is 3. The van der Waals surface area contributed by atoms with Crippen LogP contribution in [0.3, 0.4) is 0 Å². The Labute approximate surface area is 127 Å². The number of piperazine rings is 1. The van der Waals surface area contributed by atoms with Gasteiger partial charge in [0.2, 0.25) is 5.95 Å². The molecule has 1 atom stereocenters. The first-order valence-electron chi connectivity index (χ1n) is 7.66. The van der Waals surface area contributed by atoms with E-state index >= 15 is 0 Å². The molecule has 1 fully saturated rings. The quantitative estimate of drug-likeness (QED) is 0.780. The summed E-state index contributed by atoms with van der Waals surface area (Å²) in [6.45, 7) is 11.6. The van der Waals surface area contributed by atoms with Gasteiger partial charge in [-0.2, -0.15) is 9.97 Å². The van der Waals surface area contributed by atoms with Crippen LogP contribution in [0.25, 0.3) is 0 Å². The van der Waals surface area contributed by atoms with Crippen molar-refractivity contribution in [2.24, 2.45) is 5.41 Å². The third-order valence-electron chi connectivity index (χ3n) is 3.83. The van der Waals surface area contributed by atoms with E-state index in [-0.39, 0.29) is 11.4 Å². The van der Waals surface area contributed by atoms with Gasteiger partial charge in [0, 0.05) is 31.2 Å². The first-order chi connectivity index (χ1) is 9.76. The van der Waals surface area contributed by atoms with Crippen molar-refractivity contribution in [3.8, 4) is 0 Å². The second-order valence-corrected chi connectivity index (χ2v) is 7.13. The standard InChI is InChI=1S/C15H28N6/c1-10-9-21(8-7-18-10)13-11(5-6-15(2,3)4)12(16)19-14(17)20-13/h10,18H,5-9H2,1-4H3,(H4,16,17,19,20)/t10-/m1/s1. The molecule has 118 valence electrons. The van der Waals surface area contributed by atoms with Gasteiger partial charge in [-0.1, -0.05) is 20.8 Å². The summed E-state index contributed by atoms with van der Waals surface area (Å²) in [5.41, 5.74) is 13.2. The number of nitrogen functional groups attached to an aromatic ring is 2. The van der Waals surface area contributed by atoms with Crippen molar-refractivity contribution in [2.45, 2.75) is 46.6 Å². The minimum absolute atomic E-state index is 0.252. The maximum atomic E-state index is 6.12. The summed E-state index contributed by atoms with van der Waals surface area (Å²) >= 11 is 0. The Balaban J connectivity index is 2.29. The van der Waals surface area contributed by atoms with Crippen molar-refractivity contribution in [2.75, 3.05) is 36.0 Å². The van der Waals surface area contributed by atoms with Gasteiger partial charge in [0.25, 0.3) is 0 Å². The predicted molar refractivity (Wildman–Crippen MR) is 88.3 cm³/mol. The molecule has 5 N–H and O–H groups in total. The normalized spacial score (nSPS) is 19.8. The second-order valence-electron chi connectivity index (χ2n) is 7.13. The fourth-order valence-electron chi connectivity index (χ4n) is 2.63. The lowest BCUT2D eigenvalue weighted by Gasteiger charge is -2.34. The summed E-state index contributed by atoms with van der Waals surface area (Å²) in [5.74, 6) is 1.69. The summed E-state index contributed by atoms with van der Waals surface area (Å²) in [6, 6.07) is 0.437. The van der Waals surface area contributed by atoms with Crippen LogP contribution in [0, 0.1) is 5.41 Å². The molecular formula is C15H28N6. The van der Waals surface area contributed by atoms with Gasteiger partial charge < -0.3 is 21.7 Å². The number of hydrogen-bond acceptors (Lipinski definition) is 6. The molecule has 0 saturated carbocycles. The highest BCUT2D eigenvalue weighted by Gasteiger charge is 2.23. The molecule has 0 bridgehead atoms. The zero-order valence-electron chi connectivity index (χ0n) is 13.6. The van der Waals surface area contributed by atoms with Gasteiger partial charge in [0.05, 0.1) is 0 Å². The van der Waals surface area contributed by atoms with Crippen LogP contribution in [-0.4, -0.2) is 35.6 Å². The maximum Gasteiger partial charge on any atom is 0.223 e. The van der Waals surface area contributed by atoms with Crippen molar-refractivity contribution in [1.29, 1.82) is 0 Å². The number of nitrogens with two attached hydrogens (primary N) is 2. The minimum Gasteiger partial charge on any atom is -0.383 e. The largest absolute Gasteiger partial charge is 0.383 e. The van der Waals surface area contributed by atoms with Crippen LogP contribution in [0.1, 0.15) is 39.7 Å². The van der Waals surface area contributed by atoms with Crippen LogP contribution >= 0.6 is 0 Å². The molecular weight excluding hydrogens is 264 g/mol. The highest BCUT2D eigenvalue weighted by atomic mass is 15.3. The Morgan fingerprint density at radius 2 is 2.00 bits per heavy atom. The molecule has 0 aromatic carbocycles. The fourth-order valence-corrected chi connectivity index (χ4v) is 2.63. The van der Waals surface area contributed by atoms with Gasteiger partial charge in [-0.05, 0) is 25.2 Å². The van der Waals surface area contributed by atoms with E-state index in [9.17, 15) is 0 Å². The van der Waals surface area contributed by atoms with E-state index in [1.807, 2.05) is 0 Å². The van der Waals surface area contributed by atoms with E-state index in [0.717, 1.165) is 43.9 Å². The molecule has 1 aliphatic rings. The van der Waals surface area contributed by atoms with Gasteiger partial charge in [0.1, 0.15) is 11.6 Å². The lowest BCUT2D eigenvalue weighted by Crippen LogP contribution is -2.50. The Morgan fingerprint density at radius 1 is 1.29 bits per heavy atom. The van der Waals surface area contributed by atoms with Crippen LogP contribution in [0.4, 0.5) is 17.6 Å². The molecule has 0 spiro atoms. The van der Waals surface area contributed by atoms with E-state index in [1.54, 1.807) is 0 Å². The monoisotopic (exact) mass is 292 g/mol. The smallest absolute Gasteiger partial charge is 0.223 e. The molecule has 1 aromatic heterocycles. The van der Waals surface area contributed by atoms with Crippen molar-refractivity contribution in [3.05, 3.63) is 5.56 Å². The van der Waals surface area contributed by atoms with Crippen LogP contribution in [0.2, 0.25) is 0 Å². The summed E-state index contributed by atoms with van der Waals surface area (Å²) in [7, 11) is 0. The minimum atomic E-state index is 0.252. The van der Waals surface area contributed by atoms with E-state index in [2.05, 4.69) is 47.9 Å². The molecule has 1 saturated heterocycles. The SMILES string of the molecule is C[C@@H]1CN(c2nc(N)nc(N)c2CCC(C)(C)C)CCN1. The van der Waals surface area contributed by atoms with Crippen LogP contribution in [0.15, 0.2) is 0 Å². The second kappa shape index (κ2) is 6.05. The molecule has 6 heteroatoms. The zero-order valence-corrected chi connectivity index (χ0v) is 13.6. The molecule has 6 nitrogen and oxygen atoms in total. The van der Waals surface area contributed by atoms with E-state index in [0.29, 0.717) is 11.9 Å². The molecule has 21 heavy (non-hydrogen) atoms. The number of nitrogens with one attached hydrogen (secondary N) is 1. The molecule has 0 radical (unpaired) electrons. The van der Waals surface area contributed by atoms with Crippen molar-refractivity contribution < 1.29 is 0 Å². The van der Waals surface area contributed by atoms with Gasteiger partial charge >= 0.3 is 0 Å². The third kappa shape index (κ3) is 4.20. The number of nitrogens with zero attached hydrogens (tertiary/aromatic N) is 3. The van der Waals surface area contributed by atoms with E-state index < -0.39 is 0 Å². The maximum absolute atomic E-state index is 6.12. The van der Waals surface area contributed by atoms with Crippen molar-refractivity contribution in [3.63, 3.8) is 0 Å². The topological polar surface area (TPSA) is 93.1 Å². The van der Waals surface area contributed by atoms with Gasteiger partial charge in [-0.25, -0.2) is 0 Å². The van der Waals surface area contributed by atoms with Crippen LogP contribution in [-0.2, 0) is 6.42 Å². The van der Waals surface area contributed by atoms with Crippen LogP contribution in [0.5, 0.6) is 0 Å². The summed E-state index contributed by atoms with van der Waals surface area (Å²) in [6.07, 6.45) is 1.92. The summed E-state index contributed by atoms with van der Waals surface area (Å²) in [4.78, 5) is 10.9. The first-order valence-corrected chi connectivity index (χ1v) is 7.66. The average Bonchev–Trinajstić information content (AvgIpc) is 2.35. The van der Waals surface area contributed by atoms with Crippen molar-refractivity contribution in [1.82, 2.24) is 15.3 Å². The molecule has 2 heterocycles. The zero-order chi connectivity index (χ0) is 15.6. The average molecular weight is 292 g/mol. The van der Waals surface area contributed by atoms with Gasteiger partial charge in [-0.15, -0.1) is 0 Å². The van der Waals surface area contributed by atoms with E-state index in [1.165, 1.54) is 0 Å². The number of hydrogen-bond donors (Lipinski definition) is 3. The number of aromatic nitrogens is 2. The molecule has 0 aliphatic carbocycles. The van der Waals surface area contributed by atoms with Crippen LogP contribution < -0.4 is 21.7 Å². The summed E-state index contributed by atoms with van der Waals surface area (Å²) < 4.78 is 0. The molecule has 0 amide bonds. The molecule has 1 aliphatic heterocycles. The first kappa shape index (κ1) is 15.8. The van der Waals surface area contributed by atoms with Crippen molar-refractivity contribution >= 4 is 17.6 Å². The van der Waals surface area contributed by atoms with Gasteiger partial charge in [-0.3, -0.25) is 0 Å². The molecule has 1 aromatic rings. The molecule has 2 rings (SSSR count). The Kier molecular flexibility index (Phi) is 4.56.